The van der Waals surface area contributed by atoms with Crippen LogP contribution in [0.25, 0.3) is 0 Å². The van der Waals surface area contributed by atoms with Crippen molar-refractivity contribution >= 4 is 35.5 Å². The molecule has 0 aromatic carbocycles. The van der Waals surface area contributed by atoms with Gasteiger partial charge in [0.25, 0.3) is 0 Å². The lowest BCUT2D eigenvalue weighted by Gasteiger charge is -2.28. The van der Waals surface area contributed by atoms with Crippen LogP contribution in [0.5, 0.6) is 0 Å². The predicted molar refractivity (Wildman–Crippen MR) is 105 cm³/mol. The number of aliphatic hydroxyl groups excluding tert-OH is 1. The van der Waals surface area contributed by atoms with E-state index < -0.39 is 54.0 Å². The Hall–Kier alpha value is -1.85. The van der Waals surface area contributed by atoms with Crippen LogP contribution >= 0.6 is 11.8 Å². The van der Waals surface area contributed by atoms with Crippen molar-refractivity contribution in [3.8, 4) is 0 Å². The highest BCUT2D eigenvalue weighted by atomic mass is 32.2. The van der Waals surface area contributed by atoms with Gasteiger partial charge in [0.2, 0.25) is 17.7 Å². The second-order valence-corrected chi connectivity index (χ2v) is 7.86. The molecule has 0 aliphatic carbocycles. The second kappa shape index (κ2) is 11.2. The third kappa shape index (κ3) is 6.64. The number of nitrogens with one attached hydrogen (secondary N) is 2. The highest BCUT2D eigenvalue weighted by molar-refractivity contribution is 7.98. The van der Waals surface area contributed by atoms with Gasteiger partial charge in [-0.3, -0.25) is 14.4 Å². The van der Waals surface area contributed by atoms with Gasteiger partial charge in [0.1, 0.15) is 18.1 Å². The summed E-state index contributed by atoms with van der Waals surface area (Å²) in [5, 5.41) is 23.9. The molecule has 5 atom stereocenters. The Labute approximate surface area is 168 Å². The maximum atomic E-state index is 12.5. The molecule has 5 unspecified atom stereocenters. The van der Waals surface area contributed by atoms with E-state index >= 15 is 0 Å². The van der Waals surface area contributed by atoms with Crippen molar-refractivity contribution < 1.29 is 29.4 Å². The number of carboxylic acids is 1. The maximum absolute atomic E-state index is 12.5. The van der Waals surface area contributed by atoms with E-state index in [1.165, 1.54) is 30.5 Å². The third-order valence-electron chi connectivity index (χ3n) is 4.58. The minimum absolute atomic E-state index is 0.302. The first-order valence-electron chi connectivity index (χ1n) is 9.16. The molecule has 11 heteroatoms. The zero-order valence-corrected chi connectivity index (χ0v) is 17.2. The van der Waals surface area contributed by atoms with Gasteiger partial charge in [-0.05, 0) is 45.1 Å². The van der Waals surface area contributed by atoms with Gasteiger partial charge < -0.3 is 31.5 Å². The number of carbonyl (C=O) groups excluding carboxylic acids is 3. The van der Waals surface area contributed by atoms with Crippen molar-refractivity contribution in [1.29, 1.82) is 0 Å². The van der Waals surface area contributed by atoms with Crippen molar-refractivity contribution in [1.82, 2.24) is 15.5 Å². The van der Waals surface area contributed by atoms with Crippen LogP contribution in [0.1, 0.15) is 33.1 Å². The highest BCUT2D eigenvalue weighted by Crippen LogP contribution is 2.18. The number of hydrogen-bond acceptors (Lipinski definition) is 7. The Morgan fingerprint density at radius 3 is 2.39 bits per heavy atom. The molecule has 0 aromatic heterocycles. The van der Waals surface area contributed by atoms with Crippen LogP contribution in [0.15, 0.2) is 0 Å². The Balaban J connectivity index is 2.71. The van der Waals surface area contributed by atoms with Gasteiger partial charge in [-0.25, -0.2) is 4.79 Å². The second-order valence-electron chi connectivity index (χ2n) is 6.87. The smallest absolute Gasteiger partial charge is 0.326 e. The number of aliphatic carboxylic acids is 1. The molecule has 0 saturated carbocycles. The quantitative estimate of drug-likeness (QED) is 0.287. The van der Waals surface area contributed by atoms with Gasteiger partial charge in [0.05, 0.1) is 12.1 Å². The fourth-order valence-corrected chi connectivity index (χ4v) is 3.43. The number of amides is 3. The van der Waals surface area contributed by atoms with E-state index in [1.807, 2.05) is 6.26 Å². The van der Waals surface area contributed by atoms with Crippen molar-refractivity contribution in [2.45, 2.75) is 63.4 Å². The number of carbonyl (C=O) groups is 4. The molecule has 3 amide bonds. The lowest BCUT2D eigenvalue weighted by Crippen LogP contribution is -2.59. The van der Waals surface area contributed by atoms with Crippen molar-refractivity contribution in [3.05, 3.63) is 0 Å². The Bertz CT molecular complexity index is 588. The fraction of sp³-hybridized carbons (Fsp3) is 0.765. The largest absolute Gasteiger partial charge is 0.480 e. The van der Waals surface area contributed by atoms with Crippen LogP contribution in [0.3, 0.4) is 0 Å². The van der Waals surface area contributed by atoms with Crippen molar-refractivity contribution in [3.63, 3.8) is 0 Å². The standard InChI is InChI=1S/C17H30N4O6S/c1-9(16(25)21-7-4-5-12(21)17(26)27)19-15(24)13(10(2)22)20-14(23)11(18)6-8-28-3/h9-13,22H,4-8,18H2,1-3H3,(H,19,24)(H,20,23)(H,26,27). The molecule has 1 fully saturated rings. The summed E-state index contributed by atoms with van der Waals surface area (Å²) in [6.07, 6.45) is 2.02. The molecule has 0 spiro atoms. The van der Waals surface area contributed by atoms with Crippen LogP contribution in [-0.4, -0.2) is 87.6 Å². The van der Waals surface area contributed by atoms with Gasteiger partial charge in [-0.15, -0.1) is 0 Å². The van der Waals surface area contributed by atoms with E-state index in [9.17, 15) is 29.4 Å². The summed E-state index contributed by atoms with van der Waals surface area (Å²) >= 11 is 1.53. The van der Waals surface area contributed by atoms with E-state index in [0.29, 0.717) is 31.6 Å². The molecular formula is C17H30N4O6S. The summed E-state index contributed by atoms with van der Waals surface area (Å²) < 4.78 is 0. The van der Waals surface area contributed by atoms with E-state index in [-0.39, 0.29) is 0 Å². The van der Waals surface area contributed by atoms with Gasteiger partial charge in [0, 0.05) is 6.54 Å². The average molecular weight is 419 g/mol. The van der Waals surface area contributed by atoms with Gasteiger partial charge in [0.15, 0.2) is 0 Å². The van der Waals surface area contributed by atoms with Crippen LogP contribution in [0, 0.1) is 0 Å². The molecular weight excluding hydrogens is 388 g/mol. The van der Waals surface area contributed by atoms with E-state index in [2.05, 4.69) is 10.6 Å². The summed E-state index contributed by atoms with van der Waals surface area (Å²) in [7, 11) is 0. The number of nitrogens with two attached hydrogens (primary N) is 1. The van der Waals surface area contributed by atoms with Gasteiger partial charge in [-0.1, -0.05) is 0 Å². The first-order valence-corrected chi connectivity index (χ1v) is 10.6. The Kier molecular flexibility index (Phi) is 9.70. The van der Waals surface area contributed by atoms with E-state index in [1.54, 1.807) is 0 Å². The molecule has 1 rings (SSSR count). The van der Waals surface area contributed by atoms with Crippen molar-refractivity contribution in [2.75, 3.05) is 18.6 Å². The maximum Gasteiger partial charge on any atom is 0.326 e. The first kappa shape index (κ1) is 24.2. The van der Waals surface area contributed by atoms with Crippen LogP contribution in [0.2, 0.25) is 0 Å². The first-order chi connectivity index (χ1) is 13.1. The number of nitrogens with zero attached hydrogens (tertiary/aromatic N) is 1. The molecule has 0 bridgehead atoms. The van der Waals surface area contributed by atoms with Crippen LogP contribution in [0.4, 0.5) is 0 Å². The SMILES string of the molecule is CSCCC(N)C(=O)NC(C(=O)NC(C)C(=O)N1CCCC1C(=O)O)C(C)O. The monoisotopic (exact) mass is 418 g/mol. The zero-order chi connectivity index (χ0) is 21.4. The minimum Gasteiger partial charge on any atom is -0.480 e. The molecule has 0 aromatic rings. The molecule has 6 N–H and O–H groups in total. The summed E-state index contributed by atoms with van der Waals surface area (Å²) in [6, 6.07) is -4.01. The summed E-state index contributed by atoms with van der Waals surface area (Å²) in [6.45, 7) is 3.07. The van der Waals surface area contributed by atoms with E-state index in [0.717, 1.165) is 0 Å². The molecule has 1 saturated heterocycles. The van der Waals surface area contributed by atoms with Gasteiger partial charge in [-0.2, -0.15) is 11.8 Å². The van der Waals surface area contributed by atoms with Crippen molar-refractivity contribution in [2.24, 2.45) is 5.73 Å². The lowest BCUT2D eigenvalue weighted by atomic mass is 10.1. The Morgan fingerprint density at radius 1 is 1.21 bits per heavy atom. The molecule has 1 aliphatic heterocycles. The highest BCUT2D eigenvalue weighted by Gasteiger charge is 2.37. The molecule has 1 heterocycles. The number of aliphatic hydroxyl groups is 1. The fourth-order valence-electron chi connectivity index (χ4n) is 2.94. The topological polar surface area (TPSA) is 162 Å². The molecule has 0 radical (unpaired) electrons. The number of rotatable bonds is 10. The zero-order valence-electron chi connectivity index (χ0n) is 16.4. The normalized spacial score (nSPS) is 20.8. The third-order valence-corrected chi connectivity index (χ3v) is 5.23. The molecule has 160 valence electrons. The van der Waals surface area contributed by atoms with Crippen LogP contribution in [-0.2, 0) is 19.2 Å². The molecule has 10 nitrogen and oxygen atoms in total. The average Bonchev–Trinajstić information content (AvgIpc) is 3.12. The summed E-state index contributed by atoms with van der Waals surface area (Å²) in [5.41, 5.74) is 5.77. The summed E-state index contributed by atoms with van der Waals surface area (Å²) in [4.78, 5) is 49.6. The van der Waals surface area contributed by atoms with Crippen LogP contribution < -0.4 is 16.4 Å². The minimum atomic E-state index is -1.28. The predicted octanol–water partition coefficient (Wildman–Crippen LogP) is -1.49. The van der Waals surface area contributed by atoms with E-state index in [4.69, 9.17) is 5.73 Å². The number of hydrogen-bond donors (Lipinski definition) is 5. The lowest BCUT2D eigenvalue weighted by molar-refractivity contribution is -0.149. The van der Waals surface area contributed by atoms with Gasteiger partial charge >= 0.3 is 5.97 Å². The number of carboxylic acid groups (broad SMARTS) is 1. The summed E-state index contributed by atoms with van der Waals surface area (Å²) in [5.74, 6) is -2.25. The Morgan fingerprint density at radius 2 is 1.86 bits per heavy atom. The number of likely N-dealkylation sites (tertiary alicyclic amines) is 1. The number of thioether (sulfide) groups is 1. The molecule has 1 aliphatic rings. The molecule has 28 heavy (non-hydrogen) atoms.